The average Bonchev–Trinajstić information content (AvgIpc) is 3.13. The minimum absolute atomic E-state index is 0.0797. The number of aromatic nitrogens is 4. The number of carboxylic acid groups (broad SMARTS) is 1. The zero-order chi connectivity index (χ0) is 17.3. The minimum atomic E-state index is -1.24. The van der Waals surface area contributed by atoms with Crippen LogP contribution in [0.2, 0.25) is 0 Å². The minimum Gasteiger partial charge on any atom is -0.544 e. The highest BCUT2D eigenvalue weighted by atomic mass is 32.2. The Balaban J connectivity index is 2.06. The first-order chi connectivity index (χ1) is 11.5. The topological polar surface area (TPSA) is 86.6 Å². The predicted molar refractivity (Wildman–Crippen MR) is 92.3 cm³/mol. The van der Waals surface area contributed by atoms with Gasteiger partial charge < -0.3 is 14.5 Å². The van der Waals surface area contributed by atoms with E-state index in [1.54, 1.807) is 6.08 Å². The largest absolute Gasteiger partial charge is 0.544 e. The summed E-state index contributed by atoms with van der Waals surface area (Å²) in [7, 11) is 1.96. The van der Waals surface area contributed by atoms with Crippen molar-refractivity contribution in [3.63, 3.8) is 0 Å². The summed E-state index contributed by atoms with van der Waals surface area (Å²) in [6.07, 6.45) is 2.35. The normalized spacial score (nSPS) is 12.0. The number of benzene rings is 1. The van der Waals surface area contributed by atoms with E-state index >= 15 is 0 Å². The van der Waals surface area contributed by atoms with Crippen LogP contribution in [0.25, 0.3) is 17.0 Å². The molecule has 3 rings (SSSR count). The van der Waals surface area contributed by atoms with Crippen LogP contribution < -0.4 is 5.11 Å². The number of aromatic amines is 1. The molecule has 0 atom stereocenters. The van der Waals surface area contributed by atoms with Crippen LogP contribution in [0.4, 0.5) is 0 Å². The molecule has 0 amide bonds. The van der Waals surface area contributed by atoms with Crippen LogP contribution in [0.5, 0.6) is 0 Å². The molecule has 0 saturated carbocycles. The second kappa shape index (κ2) is 6.52. The number of nitrogens with zero attached hydrogens (tertiary/aromatic N) is 3. The van der Waals surface area contributed by atoms with Gasteiger partial charge in [0.25, 0.3) is 0 Å². The number of nitrogens with one attached hydrogen (secondary N) is 1. The molecule has 0 spiro atoms. The molecule has 0 aliphatic rings. The summed E-state index contributed by atoms with van der Waals surface area (Å²) in [5, 5.41) is 19.8. The Morgan fingerprint density at radius 2 is 2.17 bits per heavy atom. The molecule has 1 N–H and O–H groups in total. The molecule has 0 radical (unpaired) electrons. The third-order valence-corrected chi connectivity index (χ3v) is 4.84. The number of aliphatic carboxylic acids is 1. The van der Waals surface area contributed by atoms with Crippen molar-refractivity contribution in [2.24, 2.45) is 7.05 Å². The molecule has 3 aromatic rings. The lowest BCUT2D eigenvalue weighted by Gasteiger charge is -2.06. The summed E-state index contributed by atoms with van der Waals surface area (Å²) in [6, 6.07) is 7.89. The first-order valence-electron chi connectivity index (χ1n) is 7.57. The summed E-state index contributed by atoms with van der Waals surface area (Å²) in [4.78, 5) is 15.9. The quantitative estimate of drug-likeness (QED) is 0.567. The molecule has 2 heterocycles. The Morgan fingerprint density at radius 3 is 2.83 bits per heavy atom. The Morgan fingerprint density at radius 1 is 1.42 bits per heavy atom. The highest BCUT2D eigenvalue weighted by molar-refractivity contribution is 8.04. The molecule has 6 nitrogen and oxygen atoms in total. The van der Waals surface area contributed by atoms with E-state index in [9.17, 15) is 9.90 Å². The number of rotatable bonds is 5. The fraction of sp³-hybridized carbons (Fsp3) is 0.235. The van der Waals surface area contributed by atoms with Gasteiger partial charge in [0.2, 0.25) is 5.16 Å². The van der Waals surface area contributed by atoms with Gasteiger partial charge in [-0.05, 0) is 30.8 Å². The number of carbonyl (C=O) groups excluding carboxylic acids is 1. The van der Waals surface area contributed by atoms with Crippen LogP contribution in [-0.4, -0.2) is 25.7 Å². The molecule has 0 unspecified atom stereocenters. The fourth-order valence-electron chi connectivity index (χ4n) is 2.57. The predicted octanol–water partition coefficient (Wildman–Crippen LogP) is 2.05. The number of thioether (sulfide) groups is 1. The van der Waals surface area contributed by atoms with E-state index in [4.69, 9.17) is 0 Å². The number of para-hydroxylation sites is 1. The van der Waals surface area contributed by atoms with Gasteiger partial charge >= 0.3 is 0 Å². The molecule has 2 aromatic heterocycles. The van der Waals surface area contributed by atoms with Gasteiger partial charge in [-0.3, -0.25) is 5.10 Å². The summed E-state index contributed by atoms with van der Waals surface area (Å²) >= 11 is 0.991. The number of H-pyrrole nitrogens is 1. The Hall–Kier alpha value is -2.54. The highest BCUT2D eigenvalue weighted by Gasteiger charge is 2.13. The van der Waals surface area contributed by atoms with Crippen molar-refractivity contribution in [1.29, 1.82) is 0 Å². The molecule has 24 heavy (non-hydrogen) atoms. The zero-order valence-electron chi connectivity index (χ0n) is 13.7. The van der Waals surface area contributed by atoms with Crippen LogP contribution >= 0.6 is 11.8 Å². The first kappa shape index (κ1) is 16.3. The van der Waals surface area contributed by atoms with E-state index < -0.39 is 5.97 Å². The van der Waals surface area contributed by atoms with E-state index in [0.29, 0.717) is 11.6 Å². The highest BCUT2D eigenvalue weighted by Crippen LogP contribution is 2.31. The maximum atomic E-state index is 11.6. The molecule has 0 fully saturated rings. The van der Waals surface area contributed by atoms with Crippen molar-refractivity contribution in [3.05, 3.63) is 46.3 Å². The first-order valence-corrected chi connectivity index (χ1v) is 8.39. The number of carboxylic acids is 1. The van der Waals surface area contributed by atoms with Crippen LogP contribution in [0.3, 0.4) is 0 Å². The number of carbonyl (C=O) groups is 1. The number of hydrogen-bond acceptors (Lipinski definition) is 5. The van der Waals surface area contributed by atoms with E-state index in [1.165, 1.54) is 0 Å². The average molecular weight is 341 g/mol. The van der Waals surface area contributed by atoms with Crippen LogP contribution in [0.1, 0.15) is 24.0 Å². The van der Waals surface area contributed by atoms with Gasteiger partial charge in [0.05, 0.1) is 5.97 Å². The third-order valence-electron chi connectivity index (χ3n) is 3.97. The molecule has 7 heteroatoms. The molecular weight excluding hydrogens is 324 g/mol. The van der Waals surface area contributed by atoms with Crippen molar-refractivity contribution >= 4 is 34.7 Å². The molecule has 0 bridgehead atoms. The van der Waals surface area contributed by atoms with Gasteiger partial charge in [-0.2, -0.15) is 0 Å². The monoisotopic (exact) mass is 341 g/mol. The molecule has 0 aliphatic heterocycles. The summed E-state index contributed by atoms with van der Waals surface area (Å²) in [6.45, 7) is 3.91. The van der Waals surface area contributed by atoms with Crippen molar-refractivity contribution in [3.8, 4) is 0 Å². The Bertz CT molecular complexity index is 939. The smallest absolute Gasteiger partial charge is 0.213 e. The summed E-state index contributed by atoms with van der Waals surface area (Å²) < 4.78 is 2.04. The Labute approximate surface area is 143 Å². The second-order valence-corrected chi connectivity index (χ2v) is 6.40. The van der Waals surface area contributed by atoms with Crippen molar-refractivity contribution in [2.45, 2.75) is 25.4 Å². The molecule has 0 aliphatic carbocycles. The van der Waals surface area contributed by atoms with E-state index in [-0.39, 0.29) is 4.91 Å². The number of hydrogen-bond donors (Lipinski definition) is 1. The summed E-state index contributed by atoms with van der Waals surface area (Å²) in [5.74, 6) is -0.522. The van der Waals surface area contributed by atoms with Gasteiger partial charge in [0.15, 0.2) is 0 Å². The van der Waals surface area contributed by atoms with Crippen LogP contribution in [0, 0.1) is 6.92 Å². The van der Waals surface area contributed by atoms with Crippen molar-refractivity contribution < 1.29 is 9.90 Å². The number of aryl methyl sites for hydroxylation is 2. The maximum Gasteiger partial charge on any atom is 0.213 e. The lowest BCUT2D eigenvalue weighted by atomic mass is 10.1. The maximum absolute atomic E-state index is 11.6. The van der Waals surface area contributed by atoms with Gasteiger partial charge in [-0.1, -0.05) is 25.1 Å². The van der Waals surface area contributed by atoms with Gasteiger partial charge in [-0.15, -0.1) is 5.10 Å². The van der Waals surface area contributed by atoms with Crippen LogP contribution in [0.15, 0.2) is 34.3 Å². The van der Waals surface area contributed by atoms with Crippen molar-refractivity contribution in [1.82, 2.24) is 19.7 Å². The second-order valence-electron chi connectivity index (χ2n) is 5.39. The molecular formula is C17H17N4O2S-. The molecule has 1 aromatic carbocycles. The number of fused-ring (bicyclic) bond motifs is 1. The van der Waals surface area contributed by atoms with Crippen molar-refractivity contribution in [2.75, 3.05) is 0 Å². The van der Waals surface area contributed by atoms with E-state index in [2.05, 4.69) is 15.2 Å². The summed E-state index contributed by atoms with van der Waals surface area (Å²) in [5.41, 5.74) is 2.90. The van der Waals surface area contributed by atoms with E-state index in [1.807, 2.05) is 49.7 Å². The fourth-order valence-corrected chi connectivity index (χ4v) is 3.28. The zero-order valence-corrected chi connectivity index (χ0v) is 14.5. The SMILES string of the molecule is CCc1nc(S/C(=C\c2c(C)n(C)c3ccccc23)C(=O)[O-])n[nH]1. The van der Waals surface area contributed by atoms with Crippen LogP contribution in [-0.2, 0) is 18.3 Å². The molecule has 124 valence electrons. The lowest BCUT2D eigenvalue weighted by molar-refractivity contribution is -0.297. The van der Waals surface area contributed by atoms with Gasteiger partial charge in [-0.25, -0.2) is 4.98 Å². The van der Waals surface area contributed by atoms with E-state index in [0.717, 1.165) is 39.7 Å². The Kier molecular flexibility index (Phi) is 4.44. The molecule has 0 saturated heterocycles. The lowest BCUT2D eigenvalue weighted by Crippen LogP contribution is -2.23. The standard InChI is InChI=1S/C17H18N4O2S/c1-4-15-18-17(20-19-15)24-14(16(22)23)9-12-10(2)21(3)13-8-6-5-7-11(12)13/h5-9H,4H2,1-3H3,(H,22,23)(H,18,19,20)/p-1/b14-9-. The van der Waals surface area contributed by atoms with Gasteiger partial charge in [0, 0.05) is 40.5 Å². The third kappa shape index (κ3) is 2.94. The van der Waals surface area contributed by atoms with Gasteiger partial charge in [0.1, 0.15) is 5.82 Å².